The second kappa shape index (κ2) is 9.71. The summed E-state index contributed by atoms with van der Waals surface area (Å²) >= 11 is 0. The summed E-state index contributed by atoms with van der Waals surface area (Å²) in [7, 11) is 12.9. The van der Waals surface area contributed by atoms with Gasteiger partial charge >= 0.3 is 0 Å². The molecule has 0 radical (unpaired) electrons. The zero-order valence-electron chi connectivity index (χ0n) is 15.0. The van der Waals surface area contributed by atoms with Gasteiger partial charge in [0.05, 0.1) is 20.0 Å². The molecule has 0 aromatic carbocycles. The van der Waals surface area contributed by atoms with Crippen LogP contribution >= 0.6 is 0 Å². The molecule has 0 N–H and O–H groups in total. The Hall–Kier alpha value is -0.240. The van der Waals surface area contributed by atoms with Crippen LogP contribution < -0.4 is 0 Å². The molecule has 1 saturated heterocycles. The molecule has 1 rings (SSSR count). The third kappa shape index (κ3) is 8.70. The quantitative estimate of drug-likeness (QED) is 0.566. The highest BCUT2D eigenvalue weighted by atomic mass is 15.5. The molecule has 0 unspecified atom stereocenters. The van der Waals surface area contributed by atoms with Crippen molar-refractivity contribution in [1.29, 1.82) is 0 Å². The monoisotopic (exact) mass is 300 g/mol. The standard InChI is InChI=1S/C15H36N6/c1-16(2)7-10-19-13-20(11-8-17(3)4)15-21(14-19)12-9-18(5)6/h7-15H2,1-6H3. The number of hydrogen-bond donors (Lipinski definition) is 0. The number of rotatable bonds is 9. The van der Waals surface area contributed by atoms with E-state index in [4.69, 9.17) is 0 Å². The van der Waals surface area contributed by atoms with Crippen LogP contribution in [0.5, 0.6) is 0 Å². The Bertz CT molecular complexity index is 220. The van der Waals surface area contributed by atoms with Crippen LogP contribution in [-0.2, 0) is 0 Å². The normalized spacial score (nSPS) is 19.3. The van der Waals surface area contributed by atoms with E-state index < -0.39 is 0 Å². The van der Waals surface area contributed by atoms with Crippen molar-refractivity contribution in [2.75, 3.05) is 102 Å². The van der Waals surface area contributed by atoms with Crippen LogP contribution in [0.15, 0.2) is 0 Å². The number of likely N-dealkylation sites (N-methyl/N-ethyl adjacent to an activating group) is 3. The fourth-order valence-corrected chi connectivity index (χ4v) is 2.43. The van der Waals surface area contributed by atoms with Crippen molar-refractivity contribution in [3.63, 3.8) is 0 Å². The Morgan fingerprint density at radius 1 is 0.524 bits per heavy atom. The van der Waals surface area contributed by atoms with Gasteiger partial charge in [-0.2, -0.15) is 0 Å². The van der Waals surface area contributed by atoms with Crippen molar-refractivity contribution < 1.29 is 0 Å². The van der Waals surface area contributed by atoms with Gasteiger partial charge in [0.25, 0.3) is 0 Å². The van der Waals surface area contributed by atoms with E-state index in [1.807, 2.05) is 0 Å². The Labute approximate surface area is 131 Å². The highest BCUT2D eigenvalue weighted by Crippen LogP contribution is 2.07. The highest BCUT2D eigenvalue weighted by molar-refractivity contribution is 4.71. The van der Waals surface area contributed by atoms with Crippen LogP contribution in [0.1, 0.15) is 0 Å². The average Bonchev–Trinajstić information content (AvgIpc) is 2.40. The fourth-order valence-electron chi connectivity index (χ4n) is 2.43. The van der Waals surface area contributed by atoms with Gasteiger partial charge in [-0.3, -0.25) is 14.7 Å². The van der Waals surface area contributed by atoms with Gasteiger partial charge in [-0.1, -0.05) is 0 Å². The minimum atomic E-state index is 1.10. The second-order valence-corrected chi connectivity index (χ2v) is 7.02. The van der Waals surface area contributed by atoms with Gasteiger partial charge in [-0.05, 0) is 42.3 Å². The molecular formula is C15H36N6. The lowest BCUT2D eigenvalue weighted by Gasteiger charge is -2.43. The summed E-state index contributed by atoms with van der Waals surface area (Å²) in [6, 6.07) is 0. The zero-order chi connectivity index (χ0) is 15.8. The van der Waals surface area contributed by atoms with Crippen LogP contribution in [0.25, 0.3) is 0 Å². The third-order valence-corrected chi connectivity index (χ3v) is 3.79. The Balaban J connectivity index is 2.46. The minimum Gasteiger partial charge on any atom is -0.308 e. The van der Waals surface area contributed by atoms with Crippen molar-refractivity contribution in [3.05, 3.63) is 0 Å². The first kappa shape index (κ1) is 18.8. The van der Waals surface area contributed by atoms with Crippen LogP contribution in [0, 0.1) is 0 Å². The summed E-state index contributed by atoms with van der Waals surface area (Å²) in [4.78, 5) is 14.5. The van der Waals surface area contributed by atoms with Crippen molar-refractivity contribution in [2.24, 2.45) is 0 Å². The van der Waals surface area contributed by atoms with E-state index in [0.29, 0.717) is 0 Å². The molecule has 0 bridgehead atoms. The zero-order valence-corrected chi connectivity index (χ0v) is 15.0. The summed E-state index contributed by atoms with van der Waals surface area (Å²) in [6.07, 6.45) is 0. The van der Waals surface area contributed by atoms with E-state index >= 15 is 0 Å². The Morgan fingerprint density at radius 3 is 0.952 bits per heavy atom. The minimum absolute atomic E-state index is 1.10. The summed E-state index contributed by atoms with van der Waals surface area (Å²) in [5, 5.41) is 0. The van der Waals surface area contributed by atoms with Crippen molar-refractivity contribution in [1.82, 2.24) is 29.4 Å². The molecule has 0 spiro atoms. The van der Waals surface area contributed by atoms with Crippen LogP contribution in [-0.4, -0.2) is 131 Å². The van der Waals surface area contributed by atoms with E-state index in [1.165, 1.54) is 0 Å². The number of hydrogen-bond acceptors (Lipinski definition) is 6. The molecule has 1 aliphatic rings. The molecule has 1 fully saturated rings. The molecule has 6 heteroatoms. The predicted molar refractivity (Wildman–Crippen MR) is 90.4 cm³/mol. The summed E-state index contributed by atoms with van der Waals surface area (Å²) in [6.45, 7) is 10.1. The molecule has 0 aliphatic carbocycles. The Kier molecular flexibility index (Phi) is 8.70. The molecule has 0 amide bonds. The van der Waals surface area contributed by atoms with Crippen molar-refractivity contribution in [3.8, 4) is 0 Å². The van der Waals surface area contributed by atoms with Gasteiger partial charge in [-0.15, -0.1) is 0 Å². The van der Waals surface area contributed by atoms with E-state index in [9.17, 15) is 0 Å². The van der Waals surface area contributed by atoms with Gasteiger partial charge in [0.2, 0.25) is 0 Å². The summed E-state index contributed by atoms with van der Waals surface area (Å²) < 4.78 is 0. The largest absolute Gasteiger partial charge is 0.308 e. The first-order chi connectivity index (χ1) is 9.86. The SMILES string of the molecule is CN(C)CCN1CN(CCN(C)C)CN(CCN(C)C)C1. The van der Waals surface area contributed by atoms with Crippen molar-refractivity contribution >= 4 is 0 Å². The molecule has 21 heavy (non-hydrogen) atoms. The lowest BCUT2D eigenvalue weighted by atomic mass is 10.4. The molecule has 0 aromatic heterocycles. The molecule has 1 heterocycles. The van der Waals surface area contributed by atoms with Gasteiger partial charge in [0, 0.05) is 39.3 Å². The molecule has 0 saturated carbocycles. The fraction of sp³-hybridized carbons (Fsp3) is 1.00. The molecule has 6 nitrogen and oxygen atoms in total. The molecule has 1 aliphatic heterocycles. The maximum atomic E-state index is 2.56. The second-order valence-electron chi connectivity index (χ2n) is 7.02. The van der Waals surface area contributed by atoms with Crippen LogP contribution in [0.4, 0.5) is 0 Å². The van der Waals surface area contributed by atoms with E-state index in [2.05, 4.69) is 71.7 Å². The van der Waals surface area contributed by atoms with Crippen LogP contribution in [0.2, 0.25) is 0 Å². The first-order valence-electron chi connectivity index (χ1n) is 7.98. The molecule has 126 valence electrons. The van der Waals surface area contributed by atoms with Gasteiger partial charge in [0.15, 0.2) is 0 Å². The highest BCUT2D eigenvalue weighted by Gasteiger charge is 2.22. The maximum Gasteiger partial charge on any atom is 0.0531 e. The molecular weight excluding hydrogens is 264 g/mol. The van der Waals surface area contributed by atoms with Gasteiger partial charge in [0.1, 0.15) is 0 Å². The van der Waals surface area contributed by atoms with E-state index in [-0.39, 0.29) is 0 Å². The maximum absolute atomic E-state index is 2.56. The van der Waals surface area contributed by atoms with Gasteiger partial charge in [-0.25, -0.2) is 0 Å². The lowest BCUT2D eigenvalue weighted by molar-refractivity contribution is -0.0346. The number of nitrogens with zero attached hydrogens (tertiary/aromatic N) is 6. The molecule has 0 aromatic rings. The van der Waals surface area contributed by atoms with Crippen molar-refractivity contribution in [2.45, 2.75) is 0 Å². The predicted octanol–water partition coefficient (Wildman–Crippen LogP) is -0.537. The van der Waals surface area contributed by atoms with E-state index in [1.54, 1.807) is 0 Å². The smallest absolute Gasteiger partial charge is 0.0531 e. The first-order valence-corrected chi connectivity index (χ1v) is 7.98. The summed E-state index contributed by atoms with van der Waals surface area (Å²) in [5.41, 5.74) is 0. The van der Waals surface area contributed by atoms with Gasteiger partial charge < -0.3 is 14.7 Å². The average molecular weight is 300 g/mol. The summed E-state index contributed by atoms with van der Waals surface area (Å²) in [5.74, 6) is 0. The Morgan fingerprint density at radius 2 is 0.762 bits per heavy atom. The topological polar surface area (TPSA) is 19.4 Å². The molecule has 0 atom stereocenters. The lowest BCUT2D eigenvalue weighted by Crippen LogP contribution is -2.57. The third-order valence-electron chi connectivity index (χ3n) is 3.79. The van der Waals surface area contributed by atoms with E-state index in [0.717, 1.165) is 59.3 Å². The van der Waals surface area contributed by atoms with Crippen LogP contribution in [0.3, 0.4) is 0 Å².